The van der Waals surface area contributed by atoms with Crippen LogP contribution in [0.4, 0.5) is 8.78 Å². The summed E-state index contributed by atoms with van der Waals surface area (Å²) >= 11 is 3.43. The Kier molecular flexibility index (Phi) is 4.76. The smallest absolute Gasteiger partial charge is 0.128 e. The van der Waals surface area contributed by atoms with Crippen LogP contribution in [0.25, 0.3) is 0 Å². The Morgan fingerprint density at radius 1 is 1.15 bits per heavy atom. The molecule has 1 nitrogen and oxygen atoms in total. The van der Waals surface area contributed by atoms with Crippen molar-refractivity contribution in [2.24, 2.45) is 0 Å². The number of alkyl halides is 1. The Bertz CT molecular complexity index is 613. The van der Waals surface area contributed by atoms with Gasteiger partial charge in [-0.1, -0.05) is 34.1 Å². The Morgan fingerprint density at radius 3 is 2.55 bits per heavy atom. The Balaban J connectivity index is 2.28. The largest absolute Gasteiger partial charge is 0.496 e. The molecule has 0 aliphatic carbocycles. The highest BCUT2D eigenvalue weighted by atomic mass is 79.9. The van der Waals surface area contributed by atoms with Gasteiger partial charge in [-0.3, -0.25) is 0 Å². The standard InChI is InChI=1S/C16H15BrF2O/c1-10-7-15(19)12(9-14(10)18)13(17)8-11-5-3-4-6-16(11)20-2/h3-7,9,13H,8H2,1-2H3. The lowest BCUT2D eigenvalue weighted by Gasteiger charge is -2.14. The van der Waals surface area contributed by atoms with E-state index in [1.807, 2.05) is 24.3 Å². The highest BCUT2D eigenvalue weighted by Gasteiger charge is 2.17. The number of hydrogen-bond donors (Lipinski definition) is 0. The average Bonchev–Trinajstić information content (AvgIpc) is 2.43. The van der Waals surface area contributed by atoms with Crippen molar-refractivity contribution in [2.45, 2.75) is 18.2 Å². The minimum absolute atomic E-state index is 0.309. The van der Waals surface area contributed by atoms with Crippen molar-refractivity contribution in [3.05, 3.63) is 64.7 Å². The number of methoxy groups -OCH3 is 1. The normalized spacial score (nSPS) is 12.2. The van der Waals surface area contributed by atoms with E-state index in [-0.39, 0.29) is 4.83 Å². The van der Waals surface area contributed by atoms with Crippen LogP contribution in [0.5, 0.6) is 5.75 Å². The first kappa shape index (κ1) is 15.0. The van der Waals surface area contributed by atoms with E-state index < -0.39 is 11.6 Å². The lowest BCUT2D eigenvalue weighted by molar-refractivity contribution is 0.409. The molecule has 0 aliphatic rings. The van der Waals surface area contributed by atoms with Gasteiger partial charge < -0.3 is 4.74 Å². The number of rotatable bonds is 4. The molecule has 106 valence electrons. The van der Waals surface area contributed by atoms with Crippen molar-refractivity contribution in [1.82, 2.24) is 0 Å². The van der Waals surface area contributed by atoms with E-state index in [1.165, 1.54) is 12.1 Å². The predicted molar refractivity (Wildman–Crippen MR) is 79.5 cm³/mol. The number of halogens is 3. The number of ether oxygens (including phenoxy) is 1. The Labute approximate surface area is 125 Å². The fraction of sp³-hybridized carbons (Fsp3) is 0.250. The molecule has 0 saturated carbocycles. The third kappa shape index (κ3) is 3.18. The van der Waals surface area contributed by atoms with Gasteiger partial charge in [-0.15, -0.1) is 0 Å². The third-order valence-corrected chi connectivity index (χ3v) is 4.02. The quantitative estimate of drug-likeness (QED) is 0.714. The van der Waals surface area contributed by atoms with Crippen LogP contribution < -0.4 is 4.74 Å². The molecule has 0 aliphatic heterocycles. The van der Waals surface area contributed by atoms with E-state index in [1.54, 1.807) is 14.0 Å². The molecule has 0 bridgehead atoms. The van der Waals surface area contributed by atoms with Gasteiger partial charge in [0.25, 0.3) is 0 Å². The molecule has 1 atom stereocenters. The van der Waals surface area contributed by atoms with Gasteiger partial charge in [-0.25, -0.2) is 8.78 Å². The van der Waals surface area contributed by atoms with Gasteiger partial charge in [0.2, 0.25) is 0 Å². The summed E-state index contributed by atoms with van der Waals surface area (Å²) < 4.78 is 32.8. The van der Waals surface area contributed by atoms with Gasteiger partial charge in [0, 0.05) is 10.4 Å². The van der Waals surface area contributed by atoms with E-state index in [0.29, 0.717) is 17.5 Å². The van der Waals surface area contributed by atoms with Gasteiger partial charge in [0.15, 0.2) is 0 Å². The van der Waals surface area contributed by atoms with Crippen molar-refractivity contribution < 1.29 is 13.5 Å². The molecular formula is C16H15BrF2O. The molecule has 1 unspecified atom stereocenters. The fourth-order valence-corrected chi connectivity index (χ4v) is 2.78. The second-order valence-electron chi connectivity index (χ2n) is 4.61. The second-order valence-corrected chi connectivity index (χ2v) is 5.71. The molecule has 4 heteroatoms. The van der Waals surface area contributed by atoms with Crippen LogP contribution in [0.15, 0.2) is 36.4 Å². The zero-order valence-electron chi connectivity index (χ0n) is 11.3. The summed E-state index contributed by atoms with van der Waals surface area (Å²) in [6.45, 7) is 1.55. The SMILES string of the molecule is COc1ccccc1CC(Br)c1cc(F)c(C)cc1F. The van der Waals surface area contributed by atoms with Crippen LogP contribution in [0.2, 0.25) is 0 Å². The maximum absolute atomic E-state index is 13.9. The van der Waals surface area contributed by atoms with Crippen molar-refractivity contribution in [1.29, 1.82) is 0 Å². The lowest BCUT2D eigenvalue weighted by atomic mass is 10.0. The van der Waals surface area contributed by atoms with Gasteiger partial charge in [-0.2, -0.15) is 0 Å². The molecule has 0 amide bonds. The van der Waals surface area contributed by atoms with Crippen LogP contribution in [0.1, 0.15) is 21.5 Å². The molecule has 0 heterocycles. The zero-order valence-corrected chi connectivity index (χ0v) is 12.9. The van der Waals surface area contributed by atoms with Crippen LogP contribution in [0, 0.1) is 18.6 Å². The Hall–Kier alpha value is -1.42. The first-order valence-electron chi connectivity index (χ1n) is 6.24. The number of aryl methyl sites for hydroxylation is 1. The molecule has 20 heavy (non-hydrogen) atoms. The van der Waals surface area contributed by atoms with E-state index in [4.69, 9.17) is 4.74 Å². The fourth-order valence-electron chi connectivity index (χ4n) is 2.08. The number of benzene rings is 2. The summed E-state index contributed by atoms with van der Waals surface area (Å²) in [6, 6.07) is 10.00. The van der Waals surface area contributed by atoms with Crippen molar-refractivity contribution in [3.63, 3.8) is 0 Å². The van der Waals surface area contributed by atoms with Crippen LogP contribution >= 0.6 is 15.9 Å². The van der Waals surface area contributed by atoms with E-state index in [0.717, 1.165) is 11.3 Å². The van der Waals surface area contributed by atoms with Crippen LogP contribution in [0.3, 0.4) is 0 Å². The Morgan fingerprint density at radius 2 is 1.85 bits per heavy atom. The number of para-hydroxylation sites is 1. The highest BCUT2D eigenvalue weighted by Crippen LogP contribution is 2.33. The monoisotopic (exact) mass is 340 g/mol. The van der Waals surface area contributed by atoms with E-state index in [2.05, 4.69) is 15.9 Å². The molecule has 0 radical (unpaired) electrons. The van der Waals surface area contributed by atoms with Gasteiger partial charge in [-0.05, 0) is 42.7 Å². The van der Waals surface area contributed by atoms with Crippen molar-refractivity contribution in [3.8, 4) is 5.75 Å². The van der Waals surface area contributed by atoms with Crippen molar-refractivity contribution >= 4 is 15.9 Å². The first-order valence-corrected chi connectivity index (χ1v) is 7.16. The molecule has 2 aromatic rings. The summed E-state index contributed by atoms with van der Waals surface area (Å²) in [7, 11) is 1.59. The van der Waals surface area contributed by atoms with Gasteiger partial charge in [0.05, 0.1) is 7.11 Å². The summed E-state index contributed by atoms with van der Waals surface area (Å²) in [4.78, 5) is -0.311. The molecule has 0 fully saturated rings. The van der Waals surface area contributed by atoms with Crippen molar-refractivity contribution in [2.75, 3.05) is 7.11 Å². The minimum Gasteiger partial charge on any atom is -0.496 e. The minimum atomic E-state index is -0.402. The summed E-state index contributed by atoms with van der Waals surface area (Å²) in [5, 5.41) is 0. The molecule has 0 spiro atoms. The van der Waals surface area contributed by atoms with Gasteiger partial charge >= 0.3 is 0 Å². The van der Waals surface area contributed by atoms with Gasteiger partial charge in [0.1, 0.15) is 17.4 Å². The maximum Gasteiger partial charge on any atom is 0.128 e. The highest BCUT2D eigenvalue weighted by molar-refractivity contribution is 9.09. The predicted octanol–water partition coefficient (Wildman–Crippen LogP) is 4.96. The molecule has 0 N–H and O–H groups in total. The van der Waals surface area contributed by atoms with E-state index in [9.17, 15) is 8.78 Å². The lowest BCUT2D eigenvalue weighted by Crippen LogP contribution is -2.02. The molecule has 0 aromatic heterocycles. The first-order chi connectivity index (χ1) is 9.52. The number of hydrogen-bond acceptors (Lipinski definition) is 1. The van der Waals surface area contributed by atoms with Crippen LogP contribution in [-0.2, 0) is 6.42 Å². The van der Waals surface area contributed by atoms with Crippen LogP contribution in [-0.4, -0.2) is 7.11 Å². The molecule has 2 aromatic carbocycles. The summed E-state index contributed by atoms with van der Waals surface area (Å²) in [5.74, 6) is -0.0588. The molecule has 2 rings (SSSR count). The molecular weight excluding hydrogens is 326 g/mol. The maximum atomic E-state index is 13.9. The van der Waals surface area contributed by atoms with E-state index >= 15 is 0 Å². The average molecular weight is 341 g/mol. The molecule has 0 saturated heterocycles. The summed E-state index contributed by atoms with van der Waals surface area (Å²) in [6.07, 6.45) is 0.517. The zero-order chi connectivity index (χ0) is 14.7. The summed E-state index contributed by atoms with van der Waals surface area (Å²) in [5.41, 5.74) is 1.57. The third-order valence-electron chi connectivity index (χ3n) is 3.21. The topological polar surface area (TPSA) is 9.23 Å². The second kappa shape index (κ2) is 6.35.